The zero-order chi connectivity index (χ0) is 21.9. The van der Waals surface area contributed by atoms with Crippen molar-refractivity contribution in [2.75, 3.05) is 4.90 Å². The van der Waals surface area contributed by atoms with E-state index in [-0.39, 0.29) is 0 Å². The van der Waals surface area contributed by atoms with Gasteiger partial charge in [0.25, 0.3) is 6.29 Å². The standard InChI is InChI=1S/C23H19NO7/c1-12(25)29-22(30-13(2)26)23-11-10-17(31-23)18-19(23)21(28)24(20(18)27)16-9-5-7-14-6-3-4-8-15(14)16/h3-11,17-19,22H,1-2H3/t17-,18-,19+,23+/m1/s1. The molecule has 3 aliphatic heterocycles. The summed E-state index contributed by atoms with van der Waals surface area (Å²) in [6.45, 7) is 2.33. The lowest BCUT2D eigenvalue weighted by atomic mass is 9.76. The van der Waals surface area contributed by atoms with E-state index in [1.54, 1.807) is 24.3 Å². The number of ether oxygens (including phenoxy) is 3. The molecule has 4 atom stereocenters. The highest BCUT2D eigenvalue weighted by atomic mass is 16.7. The summed E-state index contributed by atoms with van der Waals surface area (Å²) in [5.41, 5.74) is -1.08. The van der Waals surface area contributed by atoms with Crippen molar-refractivity contribution in [2.45, 2.75) is 31.8 Å². The molecule has 0 radical (unpaired) electrons. The quantitative estimate of drug-likeness (QED) is 0.323. The van der Waals surface area contributed by atoms with Crippen LogP contribution in [0.4, 0.5) is 5.69 Å². The third-order valence-electron chi connectivity index (χ3n) is 6.00. The zero-order valence-electron chi connectivity index (χ0n) is 16.8. The number of imide groups is 1. The molecule has 2 saturated heterocycles. The predicted octanol–water partition coefficient (Wildman–Crippen LogP) is 2.11. The van der Waals surface area contributed by atoms with Gasteiger partial charge in [0.15, 0.2) is 5.60 Å². The molecule has 0 unspecified atom stereocenters. The zero-order valence-corrected chi connectivity index (χ0v) is 16.8. The Hall–Kier alpha value is -3.52. The third-order valence-corrected chi connectivity index (χ3v) is 6.00. The van der Waals surface area contributed by atoms with Crippen LogP contribution in [0.3, 0.4) is 0 Å². The van der Waals surface area contributed by atoms with E-state index in [0.29, 0.717) is 5.69 Å². The Bertz CT molecular complexity index is 1150. The molecular weight excluding hydrogens is 402 g/mol. The van der Waals surface area contributed by atoms with Gasteiger partial charge in [-0.3, -0.25) is 19.2 Å². The maximum atomic E-state index is 13.6. The Balaban J connectivity index is 1.60. The van der Waals surface area contributed by atoms with Gasteiger partial charge in [0.2, 0.25) is 11.8 Å². The minimum atomic E-state index is -1.56. The molecule has 0 aliphatic carbocycles. The number of fused-ring (bicyclic) bond motifs is 6. The van der Waals surface area contributed by atoms with Crippen molar-refractivity contribution in [1.82, 2.24) is 0 Å². The van der Waals surface area contributed by atoms with E-state index in [0.717, 1.165) is 10.8 Å². The summed E-state index contributed by atoms with van der Waals surface area (Å²) < 4.78 is 16.4. The van der Waals surface area contributed by atoms with Gasteiger partial charge in [-0.25, -0.2) is 4.90 Å². The number of hydrogen-bond donors (Lipinski definition) is 0. The van der Waals surface area contributed by atoms with E-state index in [4.69, 9.17) is 14.2 Å². The lowest BCUT2D eigenvalue weighted by molar-refractivity contribution is -0.226. The maximum Gasteiger partial charge on any atom is 0.305 e. The molecule has 2 fully saturated rings. The SMILES string of the molecule is CC(=O)OC(OC(C)=O)[C@@]12C=C[C@@H](O1)[C@H]1C(=O)N(c3cccc4ccccc34)C(=O)[C@H]12. The molecule has 5 rings (SSSR count). The van der Waals surface area contributed by atoms with Gasteiger partial charge in [-0.2, -0.15) is 0 Å². The van der Waals surface area contributed by atoms with Crippen LogP contribution in [0.15, 0.2) is 54.6 Å². The first-order chi connectivity index (χ1) is 14.8. The van der Waals surface area contributed by atoms with E-state index in [1.165, 1.54) is 18.7 Å². The second-order valence-corrected chi connectivity index (χ2v) is 7.86. The van der Waals surface area contributed by atoms with Crippen LogP contribution < -0.4 is 4.90 Å². The first-order valence-electron chi connectivity index (χ1n) is 9.90. The molecule has 8 nitrogen and oxygen atoms in total. The van der Waals surface area contributed by atoms with E-state index < -0.39 is 53.6 Å². The van der Waals surface area contributed by atoms with Crippen molar-refractivity contribution < 1.29 is 33.4 Å². The van der Waals surface area contributed by atoms with Crippen LogP contribution in [0, 0.1) is 11.8 Å². The van der Waals surface area contributed by atoms with Crippen LogP contribution in [-0.2, 0) is 33.4 Å². The van der Waals surface area contributed by atoms with Gasteiger partial charge in [-0.15, -0.1) is 0 Å². The molecule has 3 heterocycles. The highest BCUT2D eigenvalue weighted by molar-refractivity contribution is 6.26. The van der Waals surface area contributed by atoms with Crippen molar-refractivity contribution in [2.24, 2.45) is 11.8 Å². The molecule has 0 spiro atoms. The van der Waals surface area contributed by atoms with E-state index in [2.05, 4.69) is 0 Å². The molecule has 2 aromatic rings. The molecular formula is C23H19NO7. The summed E-state index contributed by atoms with van der Waals surface area (Å²) in [5, 5.41) is 1.65. The molecule has 31 heavy (non-hydrogen) atoms. The van der Waals surface area contributed by atoms with Crippen LogP contribution in [-0.4, -0.2) is 41.7 Å². The monoisotopic (exact) mass is 421 g/mol. The van der Waals surface area contributed by atoms with Gasteiger partial charge in [-0.05, 0) is 17.5 Å². The Morgan fingerprint density at radius 2 is 1.68 bits per heavy atom. The van der Waals surface area contributed by atoms with E-state index in [1.807, 2.05) is 30.3 Å². The molecule has 158 valence electrons. The second-order valence-electron chi connectivity index (χ2n) is 7.86. The first kappa shape index (κ1) is 19.4. The third kappa shape index (κ3) is 2.71. The average Bonchev–Trinajstić information content (AvgIpc) is 3.38. The van der Waals surface area contributed by atoms with Gasteiger partial charge in [-0.1, -0.05) is 42.5 Å². The van der Waals surface area contributed by atoms with Crippen LogP contribution in [0.2, 0.25) is 0 Å². The molecule has 0 aromatic heterocycles. The van der Waals surface area contributed by atoms with Gasteiger partial charge < -0.3 is 14.2 Å². The number of benzene rings is 2. The summed E-state index contributed by atoms with van der Waals surface area (Å²) >= 11 is 0. The normalized spacial score (nSPS) is 28.5. The minimum absolute atomic E-state index is 0.396. The number of hydrogen-bond acceptors (Lipinski definition) is 7. The van der Waals surface area contributed by atoms with Crippen LogP contribution >= 0.6 is 0 Å². The second kappa shape index (κ2) is 6.75. The number of carbonyl (C=O) groups excluding carboxylic acids is 4. The first-order valence-corrected chi connectivity index (χ1v) is 9.90. The van der Waals surface area contributed by atoms with Crippen LogP contribution in [0.1, 0.15) is 13.8 Å². The fraction of sp³-hybridized carbons (Fsp3) is 0.304. The smallest absolute Gasteiger partial charge is 0.305 e. The number of rotatable bonds is 4. The van der Waals surface area contributed by atoms with E-state index in [9.17, 15) is 19.2 Å². The minimum Gasteiger partial charge on any atom is -0.422 e. The van der Waals surface area contributed by atoms with Crippen molar-refractivity contribution in [1.29, 1.82) is 0 Å². The van der Waals surface area contributed by atoms with Crippen molar-refractivity contribution in [3.63, 3.8) is 0 Å². The number of esters is 2. The fourth-order valence-electron chi connectivity index (χ4n) is 4.86. The summed E-state index contributed by atoms with van der Waals surface area (Å²) in [6, 6.07) is 12.9. The summed E-state index contributed by atoms with van der Waals surface area (Å²) in [5.74, 6) is -4.07. The molecule has 2 bridgehead atoms. The van der Waals surface area contributed by atoms with E-state index >= 15 is 0 Å². The Labute approximate surface area is 177 Å². The summed E-state index contributed by atoms with van der Waals surface area (Å²) in [7, 11) is 0. The maximum absolute atomic E-state index is 13.6. The number of carbonyl (C=O) groups is 4. The van der Waals surface area contributed by atoms with Gasteiger partial charge in [0, 0.05) is 19.2 Å². The lowest BCUT2D eigenvalue weighted by Crippen LogP contribution is -2.52. The molecule has 8 heteroatoms. The number of nitrogens with zero attached hydrogens (tertiary/aromatic N) is 1. The molecule has 0 N–H and O–H groups in total. The highest BCUT2D eigenvalue weighted by Crippen LogP contribution is 2.55. The van der Waals surface area contributed by atoms with Gasteiger partial charge in [0.05, 0.1) is 23.6 Å². The topological polar surface area (TPSA) is 99.2 Å². The lowest BCUT2D eigenvalue weighted by Gasteiger charge is -2.34. The molecule has 2 aromatic carbocycles. The molecule has 2 amide bonds. The van der Waals surface area contributed by atoms with Crippen molar-refractivity contribution >= 4 is 40.2 Å². The van der Waals surface area contributed by atoms with Crippen LogP contribution in [0.5, 0.6) is 0 Å². The summed E-state index contributed by atoms with van der Waals surface area (Å²) in [6.07, 6.45) is 1.05. The largest absolute Gasteiger partial charge is 0.422 e. The summed E-state index contributed by atoms with van der Waals surface area (Å²) in [4.78, 5) is 51.6. The van der Waals surface area contributed by atoms with Crippen LogP contribution in [0.25, 0.3) is 10.8 Å². The highest BCUT2D eigenvalue weighted by Gasteiger charge is 2.72. The van der Waals surface area contributed by atoms with Gasteiger partial charge >= 0.3 is 11.9 Å². The van der Waals surface area contributed by atoms with Crippen molar-refractivity contribution in [3.05, 3.63) is 54.6 Å². The Kier molecular flexibility index (Phi) is 4.23. The van der Waals surface area contributed by atoms with Gasteiger partial charge in [0.1, 0.15) is 0 Å². The Morgan fingerprint density at radius 1 is 1.00 bits per heavy atom. The number of amides is 2. The molecule has 3 aliphatic rings. The van der Waals surface area contributed by atoms with Crippen molar-refractivity contribution in [3.8, 4) is 0 Å². The average molecular weight is 421 g/mol. The fourth-order valence-corrected chi connectivity index (χ4v) is 4.86. The Morgan fingerprint density at radius 3 is 2.39 bits per heavy atom. The predicted molar refractivity (Wildman–Crippen MR) is 107 cm³/mol. The number of anilines is 1. The molecule has 0 saturated carbocycles.